The van der Waals surface area contributed by atoms with Gasteiger partial charge in [0.2, 0.25) is 0 Å². The van der Waals surface area contributed by atoms with Gasteiger partial charge < -0.3 is 15.7 Å². The van der Waals surface area contributed by atoms with Crippen LogP contribution in [0, 0.1) is 0 Å². The molecule has 0 aliphatic heterocycles. The van der Waals surface area contributed by atoms with Crippen LogP contribution in [0.25, 0.3) is 0 Å². The quantitative estimate of drug-likeness (QED) is 0.746. The molecule has 0 saturated heterocycles. The van der Waals surface area contributed by atoms with Gasteiger partial charge in [0.05, 0.1) is 11.8 Å². The van der Waals surface area contributed by atoms with Crippen LogP contribution in [0.4, 0.5) is 4.79 Å². The van der Waals surface area contributed by atoms with Crippen LogP contribution >= 0.6 is 0 Å². The van der Waals surface area contributed by atoms with Crippen LogP contribution in [0.2, 0.25) is 0 Å². The van der Waals surface area contributed by atoms with Gasteiger partial charge in [0, 0.05) is 26.3 Å². The lowest BCUT2D eigenvalue weighted by atomic mass is 10.1. The van der Waals surface area contributed by atoms with Crippen molar-refractivity contribution < 1.29 is 14.7 Å². The summed E-state index contributed by atoms with van der Waals surface area (Å²) in [5, 5.41) is 18.3. The molecular formula is C15H18N4O3. The van der Waals surface area contributed by atoms with E-state index < -0.39 is 5.97 Å². The van der Waals surface area contributed by atoms with Crippen LogP contribution in [0.15, 0.2) is 36.7 Å². The summed E-state index contributed by atoms with van der Waals surface area (Å²) in [4.78, 5) is 22.4. The van der Waals surface area contributed by atoms with Gasteiger partial charge in [-0.15, -0.1) is 0 Å². The van der Waals surface area contributed by atoms with Gasteiger partial charge in [-0.05, 0) is 29.7 Å². The smallest absolute Gasteiger partial charge is 0.335 e. The number of nitrogens with zero attached hydrogens (tertiary/aromatic N) is 2. The summed E-state index contributed by atoms with van der Waals surface area (Å²) in [5.41, 5.74) is 2.13. The van der Waals surface area contributed by atoms with Gasteiger partial charge in [0.25, 0.3) is 0 Å². The van der Waals surface area contributed by atoms with Gasteiger partial charge in [-0.3, -0.25) is 4.68 Å². The maximum Gasteiger partial charge on any atom is 0.335 e. The van der Waals surface area contributed by atoms with Gasteiger partial charge in [0.15, 0.2) is 0 Å². The molecule has 2 rings (SSSR count). The number of nitrogens with one attached hydrogen (secondary N) is 2. The number of aromatic nitrogens is 2. The Balaban J connectivity index is 1.69. The Morgan fingerprint density at radius 1 is 1.18 bits per heavy atom. The monoisotopic (exact) mass is 302 g/mol. The summed E-state index contributed by atoms with van der Waals surface area (Å²) in [6.07, 6.45) is 4.39. The number of urea groups is 1. The molecule has 1 aromatic heterocycles. The fourth-order valence-electron chi connectivity index (χ4n) is 1.93. The third kappa shape index (κ3) is 4.62. The van der Waals surface area contributed by atoms with E-state index in [2.05, 4.69) is 15.7 Å². The molecule has 22 heavy (non-hydrogen) atoms. The highest BCUT2D eigenvalue weighted by molar-refractivity contribution is 5.87. The van der Waals surface area contributed by atoms with E-state index in [4.69, 9.17) is 5.11 Å². The third-order valence-electron chi connectivity index (χ3n) is 3.11. The minimum Gasteiger partial charge on any atom is -0.478 e. The summed E-state index contributed by atoms with van der Waals surface area (Å²) in [5.74, 6) is -0.965. The number of hydrogen-bond acceptors (Lipinski definition) is 3. The van der Waals surface area contributed by atoms with Crippen LogP contribution in [-0.4, -0.2) is 33.4 Å². The zero-order valence-electron chi connectivity index (χ0n) is 12.2. The summed E-state index contributed by atoms with van der Waals surface area (Å²) in [6.45, 7) is 0.869. The van der Waals surface area contributed by atoms with Crippen LogP contribution in [0.5, 0.6) is 0 Å². The summed E-state index contributed by atoms with van der Waals surface area (Å²) < 4.78 is 1.72. The van der Waals surface area contributed by atoms with E-state index in [1.165, 1.54) is 12.1 Å². The van der Waals surface area contributed by atoms with Gasteiger partial charge >= 0.3 is 12.0 Å². The van der Waals surface area contributed by atoms with Gasteiger partial charge in [-0.25, -0.2) is 9.59 Å². The van der Waals surface area contributed by atoms with E-state index in [0.29, 0.717) is 19.5 Å². The highest BCUT2D eigenvalue weighted by Gasteiger charge is 2.04. The maximum atomic E-state index is 11.6. The molecule has 1 aromatic carbocycles. The van der Waals surface area contributed by atoms with E-state index in [0.717, 1.165) is 11.1 Å². The van der Waals surface area contributed by atoms with Crippen LogP contribution in [-0.2, 0) is 20.0 Å². The first-order valence-electron chi connectivity index (χ1n) is 6.86. The Hall–Kier alpha value is -2.83. The molecule has 0 unspecified atom stereocenters. The van der Waals surface area contributed by atoms with Gasteiger partial charge in [-0.1, -0.05) is 12.1 Å². The van der Waals surface area contributed by atoms with Crippen molar-refractivity contribution in [3.8, 4) is 0 Å². The molecule has 0 bridgehead atoms. The SMILES string of the molecule is Cn1cc(CCNC(=O)NCc2ccc(C(=O)O)cc2)cn1. The maximum absolute atomic E-state index is 11.6. The lowest BCUT2D eigenvalue weighted by Crippen LogP contribution is -2.36. The number of benzene rings is 1. The molecule has 2 aromatic rings. The molecule has 0 fully saturated rings. The van der Waals surface area contributed by atoms with Crippen molar-refractivity contribution in [3.63, 3.8) is 0 Å². The Bertz CT molecular complexity index is 649. The standard InChI is InChI=1S/C15H18N4O3/c1-19-10-12(9-18-19)6-7-16-15(22)17-8-11-2-4-13(5-3-11)14(20)21/h2-5,9-10H,6-8H2,1H3,(H,20,21)(H2,16,17,22). The first-order chi connectivity index (χ1) is 10.5. The molecule has 0 radical (unpaired) electrons. The molecule has 3 N–H and O–H groups in total. The number of carbonyl (C=O) groups is 2. The fraction of sp³-hybridized carbons (Fsp3) is 0.267. The second-order valence-corrected chi connectivity index (χ2v) is 4.88. The Morgan fingerprint density at radius 3 is 2.50 bits per heavy atom. The first-order valence-corrected chi connectivity index (χ1v) is 6.86. The fourth-order valence-corrected chi connectivity index (χ4v) is 1.93. The Kier molecular flexibility index (Phi) is 5.13. The van der Waals surface area contributed by atoms with Crippen LogP contribution < -0.4 is 10.6 Å². The highest BCUT2D eigenvalue weighted by atomic mass is 16.4. The average molecular weight is 302 g/mol. The van der Waals surface area contributed by atoms with Crippen molar-refractivity contribution in [2.75, 3.05) is 6.54 Å². The second kappa shape index (κ2) is 7.26. The van der Waals surface area contributed by atoms with Crippen molar-refractivity contribution in [1.29, 1.82) is 0 Å². The molecule has 116 valence electrons. The van der Waals surface area contributed by atoms with E-state index >= 15 is 0 Å². The second-order valence-electron chi connectivity index (χ2n) is 4.88. The van der Waals surface area contributed by atoms with E-state index in [1.54, 1.807) is 23.0 Å². The molecule has 7 heteroatoms. The third-order valence-corrected chi connectivity index (χ3v) is 3.11. The largest absolute Gasteiger partial charge is 0.478 e. The van der Waals surface area contributed by atoms with Crippen molar-refractivity contribution >= 4 is 12.0 Å². The molecule has 0 spiro atoms. The average Bonchev–Trinajstić information content (AvgIpc) is 2.91. The normalized spacial score (nSPS) is 10.2. The number of carboxylic acids is 1. The molecule has 0 aliphatic rings. The molecule has 1 heterocycles. The number of carboxylic acid groups (broad SMARTS) is 1. The Labute approximate surface area is 128 Å². The van der Waals surface area contributed by atoms with Crippen molar-refractivity contribution in [2.45, 2.75) is 13.0 Å². The number of rotatable bonds is 6. The van der Waals surface area contributed by atoms with Gasteiger partial charge in [-0.2, -0.15) is 5.10 Å². The Morgan fingerprint density at radius 2 is 1.91 bits per heavy atom. The number of aryl methyl sites for hydroxylation is 1. The van der Waals surface area contributed by atoms with E-state index in [1.807, 2.05) is 13.2 Å². The summed E-state index contributed by atoms with van der Waals surface area (Å²) in [7, 11) is 1.85. The zero-order chi connectivity index (χ0) is 15.9. The number of amides is 2. The highest BCUT2D eigenvalue weighted by Crippen LogP contribution is 2.04. The summed E-state index contributed by atoms with van der Waals surface area (Å²) >= 11 is 0. The minimum absolute atomic E-state index is 0.227. The molecule has 0 saturated carbocycles. The number of hydrogen-bond donors (Lipinski definition) is 3. The molecule has 0 aliphatic carbocycles. The van der Waals surface area contributed by atoms with Crippen LogP contribution in [0.3, 0.4) is 0 Å². The van der Waals surface area contributed by atoms with Crippen molar-refractivity contribution in [1.82, 2.24) is 20.4 Å². The molecule has 7 nitrogen and oxygen atoms in total. The predicted octanol–water partition coefficient (Wildman–Crippen LogP) is 1.16. The summed E-state index contributed by atoms with van der Waals surface area (Å²) in [6, 6.07) is 6.13. The number of aromatic carboxylic acids is 1. The zero-order valence-corrected chi connectivity index (χ0v) is 12.2. The van der Waals surface area contributed by atoms with Crippen molar-refractivity contribution in [2.24, 2.45) is 7.05 Å². The minimum atomic E-state index is -0.965. The number of carbonyl (C=O) groups excluding carboxylic acids is 1. The molecule has 0 atom stereocenters. The first kappa shape index (κ1) is 15.6. The van der Waals surface area contributed by atoms with E-state index in [-0.39, 0.29) is 11.6 Å². The topological polar surface area (TPSA) is 96.2 Å². The lowest BCUT2D eigenvalue weighted by Gasteiger charge is -2.07. The molecule has 2 amide bonds. The predicted molar refractivity (Wildman–Crippen MR) is 80.6 cm³/mol. The van der Waals surface area contributed by atoms with Gasteiger partial charge in [0.1, 0.15) is 0 Å². The van der Waals surface area contributed by atoms with Crippen LogP contribution in [0.1, 0.15) is 21.5 Å². The van der Waals surface area contributed by atoms with Crippen molar-refractivity contribution in [3.05, 3.63) is 53.3 Å². The lowest BCUT2D eigenvalue weighted by molar-refractivity contribution is 0.0697. The van der Waals surface area contributed by atoms with E-state index in [9.17, 15) is 9.59 Å². The molecular weight excluding hydrogens is 284 g/mol.